The molecule has 1 saturated heterocycles. The van der Waals surface area contributed by atoms with Gasteiger partial charge in [-0.05, 0) is 49.1 Å². The molecule has 2 aromatic carbocycles. The summed E-state index contributed by atoms with van der Waals surface area (Å²) in [5.74, 6) is 0.369. The first-order chi connectivity index (χ1) is 15.0. The van der Waals surface area contributed by atoms with Crippen molar-refractivity contribution in [2.24, 2.45) is 0 Å². The quantitative estimate of drug-likeness (QED) is 0.778. The summed E-state index contributed by atoms with van der Waals surface area (Å²) in [6.07, 6.45) is 2.93. The summed E-state index contributed by atoms with van der Waals surface area (Å²) in [5.41, 5.74) is 2.43. The summed E-state index contributed by atoms with van der Waals surface area (Å²) in [4.78, 5) is 41.1. The van der Waals surface area contributed by atoms with Gasteiger partial charge in [-0.3, -0.25) is 14.4 Å². The topological polar surface area (TPSA) is 79.0 Å². The number of carbonyl (C=O) groups is 3. The van der Waals surface area contributed by atoms with Crippen molar-refractivity contribution >= 4 is 29.1 Å². The van der Waals surface area contributed by atoms with Gasteiger partial charge in [0.1, 0.15) is 12.3 Å². The van der Waals surface area contributed by atoms with Crippen LogP contribution in [0, 0.1) is 0 Å². The van der Waals surface area contributed by atoms with E-state index < -0.39 is 0 Å². The normalized spacial score (nSPS) is 17.8. The minimum absolute atomic E-state index is 0.00603. The Bertz CT molecular complexity index is 990. The molecule has 3 amide bonds. The van der Waals surface area contributed by atoms with E-state index >= 15 is 0 Å². The summed E-state index contributed by atoms with van der Waals surface area (Å²) >= 11 is 0. The number of methoxy groups -OCH3 is 1. The highest BCUT2D eigenvalue weighted by atomic mass is 16.5. The molecule has 0 aromatic heterocycles. The highest BCUT2D eigenvalue weighted by Gasteiger charge is 2.31. The van der Waals surface area contributed by atoms with Gasteiger partial charge in [-0.1, -0.05) is 24.3 Å². The molecule has 1 fully saturated rings. The molecular weight excluding hydrogens is 394 g/mol. The number of likely N-dealkylation sites (tertiary alicyclic amines) is 1. The van der Waals surface area contributed by atoms with E-state index in [1.165, 1.54) is 4.90 Å². The lowest BCUT2D eigenvalue weighted by molar-refractivity contribution is -0.133. The fourth-order valence-electron chi connectivity index (χ4n) is 4.40. The lowest BCUT2D eigenvalue weighted by Gasteiger charge is -2.29. The molecule has 7 heteroatoms. The maximum atomic E-state index is 12.9. The number of ether oxygens (including phenoxy) is 1. The van der Waals surface area contributed by atoms with Crippen LogP contribution in [0.1, 0.15) is 31.2 Å². The predicted molar refractivity (Wildman–Crippen MR) is 118 cm³/mol. The van der Waals surface area contributed by atoms with Gasteiger partial charge in [0.2, 0.25) is 17.7 Å². The number of fused-ring (bicyclic) bond motifs is 1. The minimum atomic E-state index is -0.226. The Labute approximate surface area is 182 Å². The summed E-state index contributed by atoms with van der Waals surface area (Å²) in [5, 5.41) is 2.77. The highest BCUT2D eigenvalue weighted by Crippen LogP contribution is 2.30. The number of hydrogen-bond donors (Lipinski definition) is 1. The smallest absolute Gasteiger partial charge is 0.244 e. The Kier molecular flexibility index (Phi) is 6.21. The Morgan fingerprint density at radius 2 is 1.90 bits per heavy atom. The first kappa shape index (κ1) is 20.9. The highest BCUT2D eigenvalue weighted by molar-refractivity contribution is 6.10. The van der Waals surface area contributed by atoms with Crippen molar-refractivity contribution in [3.05, 3.63) is 54.1 Å². The number of amides is 3. The van der Waals surface area contributed by atoms with E-state index in [1.807, 2.05) is 41.3 Å². The van der Waals surface area contributed by atoms with Gasteiger partial charge >= 0.3 is 0 Å². The number of rotatable bonds is 6. The molecule has 2 heterocycles. The van der Waals surface area contributed by atoms with Crippen molar-refractivity contribution in [2.45, 2.75) is 38.1 Å². The number of hydrogen-bond acceptors (Lipinski definition) is 4. The second-order valence-corrected chi connectivity index (χ2v) is 7.98. The van der Waals surface area contributed by atoms with Crippen LogP contribution in [0.3, 0.4) is 0 Å². The summed E-state index contributed by atoms with van der Waals surface area (Å²) in [6.45, 7) is 0.697. The molecule has 31 heavy (non-hydrogen) atoms. The van der Waals surface area contributed by atoms with Crippen LogP contribution < -0.4 is 15.0 Å². The fraction of sp³-hybridized carbons (Fsp3) is 0.375. The molecule has 1 unspecified atom stereocenters. The van der Waals surface area contributed by atoms with Crippen molar-refractivity contribution in [1.29, 1.82) is 0 Å². The number of anilines is 2. The van der Waals surface area contributed by atoms with Gasteiger partial charge in [-0.25, -0.2) is 0 Å². The lowest BCUT2D eigenvalue weighted by Crippen LogP contribution is -2.43. The number of nitrogens with one attached hydrogen (secondary N) is 1. The van der Waals surface area contributed by atoms with E-state index in [9.17, 15) is 14.4 Å². The van der Waals surface area contributed by atoms with E-state index in [-0.39, 0.29) is 43.1 Å². The van der Waals surface area contributed by atoms with Gasteiger partial charge in [-0.2, -0.15) is 0 Å². The van der Waals surface area contributed by atoms with Gasteiger partial charge in [0.25, 0.3) is 0 Å². The monoisotopic (exact) mass is 421 g/mol. The Balaban J connectivity index is 1.37. The molecule has 2 aromatic rings. The average molecular weight is 421 g/mol. The molecule has 0 aliphatic carbocycles. The second-order valence-electron chi connectivity index (χ2n) is 7.98. The molecule has 0 saturated carbocycles. The Morgan fingerprint density at radius 3 is 2.74 bits per heavy atom. The van der Waals surface area contributed by atoms with Crippen molar-refractivity contribution in [3.8, 4) is 5.75 Å². The molecule has 0 radical (unpaired) electrons. The van der Waals surface area contributed by atoms with Crippen LogP contribution in [-0.4, -0.2) is 48.9 Å². The predicted octanol–water partition coefficient (Wildman–Crippen LogP) is 2.99. The molecule has 0 bridgehead atoms. The average Bonchev–Trinajstić information content (AvgIpc) is 3.24. The van der Waals surface area contributed by atoms with Gasteiger partial charge in [-0.15, -0.1) is 0 Å². The minimum Gasteiger partial charge on any atom is -0.497 e. The summed E-state index contributed by atoms with van der Waals surface area (Å²) in [6, 6.07) is 15.3. The van der Waals surface area contributed by atoms with Gasteiger partial charge in [0, 0.05) is 25.4 Å². The maximum absolute atomic E-state index is 12.9. The number of nitrogens with zero attached hydrogens (tertiary/aromatic N) is 2. The molecule has 2 aliphatic heterocycles. The van der Waals surface area contributed by atoms with Crippen molar-refractivity contribution in [3.63, 3.8) is 0 Å². The number of benzene rings is 2. The molecule has 7 nitrogen and oxygen atoms in total. The zero-order valence-corrected chi connectivity index (χ0v) is 17.7. The zero-order chi connectivity index (χ0) is 21.8. The summed E-state index contributed by atoms with van der Waals surface area (Å²) < 4.78 is 5.30. The van der Waals surface area contributed by atoms with E-state index in [2.05, 4.69) is 5.32 Å². The van der Waals surface area contributed by atoms with E-state index in [1.54, 1.807) is 19.2 Å². The number of carbonyl (C=O) groups excluding carboxylic acids is 3. The standard InChI is InChI=1S/C24H27N3O4/c1-31-19-8-4-6-17(15-19)14-18-7-5-13-26(18)23(29)11-12-24(30)27-16-22(28)25-20-9-2-3-10-21(20)27/h2-4,6,8-10,15,18H,5,7,11-14,16H2,1H3,(H,25,28). The van der Waals surface area contributed by atoms with E-state index in [0.717, 1.165) is 37.1 Å². The molecule has 0 spiro atoms. The third-order valence-corrected chi connectivity index (χ3v) is 5.93. The van der Waals surface area contributed by atoms with Crippen LogP contribution in [0.25, 0.3) is 0 Å². The molecule has 1 atom stereocenters. The first-order valence-corrected chi connectivity index (χ1v) is 10.7. The van der Waals surface area contributed by atoms with Crippen molar-refractivity contribution in [2.75, 3.05) is 30.4 Å². The molecule has 4 rings (SSSR count). The van der Waals surface area contributed by atoms with Gasteiger partial charge < -0.3 is 19.9 Å². The van der Waals surface area contributed by atoms with Crippen molar-refractivity contribution < 1.29 is 19.1 Å². The molecule has 2 aliphatic rings. The largest absolute Gasteiger partial charge is 0.497 e. The van der Waals surface area contributed by atoms with Crippen molar-refractivity contribution in [1.82, 2.24) is 4.90 Å². The van der Waals surface area contributed by atoms with E-state index in [0.29, 0.717) is 11.4 Å². The van der Waals surface area contributed by atoms with Crippen LogP contribution in [0.4, 0.5) is 11.4 Å². The van der Waals surface area contributed by atoms with Crippen LogP contribution in [0.2, 0.25) is 0 Å². The third-order valence-electron chi connectivity index (χ3n) is 5.93. The van der Waals surface area contributed by atoms with Crippen LogP contribution in [0.15, 0.2) is 48.5 Å². The first-order valence-electron chi connectivity index (χ1n) is 10.7. The Morgan fingerprint density at radius 1 is 1.10 bits per heavy atom. The maximum Gasteiger partial charge on any atom is 0.244 e. The second kappa shape index (κ2) is 9.20. The Hall–Kier alpha value is -3.35. The lowest BCUT2D eigenvalue weighted by atomic mass is 10.0. The van der Waals surface area contributed by atoms with E-state index in [4.69, 9.17) is 4.74 Å². The number of para-hydroxylation sites is 2. The van der Waals surface area contributed by atoms with Crippen LogP contribution >= 0.6 is 0 Å². The molecular formula is C24H27N3O4. The van der Waals surface area contributed by atoms with Crippen LogP contribution in [0.5, 0.6) is 5.75 Å². The van der Waals surface area contributed by atoms with Crippen LogP contribution in [-0.2, 0) is 20.8 Å². The van der Waals surface area contributed by atoms with Gasteiger partial charge in [0.05, 0.1) is 18.5 Å². The fourth-order valence-corrected chi connectivity index (χ4v) is 4.40. The SMILES string of the molecule is COc1cccc(CC2CCCN2C(=O)CCC(=O)N2CC(=O)Nc3ccccc32)c1. The summed E-state index contributed by atoms with van der Waals surface area (Å²) in [7, 11) is 1.64. The molecule has 1 N–H and O–H groups in total. The third kappa shape index (κ3) is 4.71. The van der Waals surface area contributed by atoms with Gasteiger partial charge in [0.15, 0.2) is 0 Å². The zero-order valence-electron chi connectivity index (χ0n) is 17.7. The molecule has 162 valence electrons.